The first-order valence-corrected chi connectivity index (χ1v) is 11.9. The van der Waals surface area contributed by atoms with Gasteiger partial charge in [0.15, 0.2) is 17.3 Å². The summed E-state index contributed by atoms with van der Waals surface area (Å²) in [4.78, 5) is 17.4. The molecule has 7 nitrogen and oxygen atoms in total. The van der Waals surface area contributed by atoms with Crippen LogP contribution in [0.15, 0.2) is 48.5 Å². The van der Waals surface area contributed by atoms with Crippen LogP contribution in [0.1, 0.15) is 41.7 Å². The maximum atomic E-state index is 13.7. The number of halogens is 2. The SMILES string of the molecule is COc1cc(C(=O)CCC(O)(CO)c2ccc(OC)c(-c3ccc(F)c(Cl)c3)n2)ccc1OC1CC1. The van der Waals surface area contributed by atoms with Crippen molar-refractivity contribution >= 4 is 17.4 Å². The van der Waals surface area contributed by atoms with Gasteiger partial charge in [-0.3, -0.25) is 4.79 Å². The number of methoxy groups -OCH3 is 2. The number of aliphatic hydroxyl groups excluding tert-OH is 1. The number of ketones is 1. The molecule has 1 heterocycles. The van der Waals surface area contributed by atoms with E-state index in [-0.39, 0.29) is 35.4 Å². The van der Waals surface area contributed by atoms with Crippen LogP contribution in [0.3, 0.4) is 0 Å². The van der Waals surface area contributed by atoms with Gasteiger partial charge in [-0.1, -0.05) is 11.6 Å². The van der Waals surface area contributed by atoms with Gasteiger partial charge in [-0.25, -0.2) is 9.37 Å². The Kier molecular flexibility index (Phi) is 7.78. The molecule has 1 fully saturated rings. The number of benzene rings is 2. The van der Waals surface area contributed by atoms with Gasteiger partial charge in [-0.2, -0.15) is 0 Å². The summed E-state index contributed by atoms with van der Waals surface area (Å²) in [6, 6.07) is 12.2. The molecule has 4 rings (SSSR count). The van der Waals surface area contributed by atoms with Crippen LogP contribution in [0.5, 0.6) is 17.2 Å². The molecule has 2 aromatic carbocycles. The monoisotopic (exact) mass is 515 g/mol. The smallest absolute Gasteiger partial charge is 0.163 e. The van der Waals surface area contributed by atoms with Gasteiger partial charge in [-0.05, 0) is 67.8 Å². The van der Waals surface area contributed by atoms with E-state index in [0.29, 0.717) is 34.1 Å². The zero-order valence-corrected chi connectivity index (χ0v) is 20.7. The molecular weight excluding hydrogens is 489 g/mol. The molecule has 0 radical (unpaired) electrons. The number of aliphatic hydroxyl groups is 2. The fourth-order valence-electron chi connectivity index (χ4n) is 3.78. The van der Waals surface area contributed by atoms with E-state index in [1.54, 1.807) is 24.3 Å². The zero-order chi connectivity index (χ0) is 25.9. The summed E-state index contributed by atoms with van der Waals surface area (Å²) in [5.41, 5.74) is -0.484. The summed E-state index contributed by atoms with van der Waals surface area (Å²) in [6.45, 7) is -0.666. The zero-order valence-electron chi connectivity index (χ0n) is 20.0. The Bertz CT molecular complexity index is 1270. The number of carbonyl (C=O) groups excluding carboxylic acids is 1. The largest absolute Gasteiger partial charge is 0.494 e. The van der Waals surface area contributed by atoms with Crippen molar-refractivity contribution < 1.29 is 33.6 Å². The van der Waals surface area contributed by atoms with Crippen LogP contribution in [0, 0.1) is 5.82 Å². The number of Topliss-reactive ketones (excluding diaryl/α,β-unsaturated/α-hetero) is 1. The predicted octanol–water partition coefficient (Wildman–Crippen LogP) is 4.94. The number of hydrogen-bond donors (Lipinski definition) is 2. The van der Waals surface area contributed by atoms with E-state index in [1.807, 2.05) is 0 Å². The van der Waals surface area contributed by atoms with Crippen molar-refractivity contribution in [2.45, 2.75) is 37.4 Å². The summed E-state index contributed by atoms with van der Waals surface area (Å²) in [7, 11) is 2.96. The van der Waals surface area contributed by atoms with E-state index in [1.165, 1.54) is 38.5 Å². The van der Waals surface area contributed by atoms with Crippen LogP contribution in [0.4, 0.5) is 4.39 Å². The second-order valence-electron chi connectivity index (χ2n) is 8.67. The van der Waals surface area contributed by atoms with Gasteiger partial charge in [0.05, 0.1) is 37.6 Å². The Balaban J connectivity index is 1.55. The fraction of sp³-hybridized carbons (Fsp3) is 0.333. The third-order valence-electron chi connectivity index (χ3n) is 6.08. The Hall–Kier alpha value is -3.20. The fourth-order valence-corrected chi connectivity index (χ4v) is 3.96. The highest BCUT2D eigenvalue weighted by atomic mass is 35.5. The molecule has 1 aliphatic rings. The lowest BCUT2D eigenvalue weighted by atomic mass is 9.91. The minimum atomic E-state index is -1.81. The van der Waals surface area contributed by atoms with Crippen LogP contribution >= 0.6 is 11.6 Å². The molecule has 0 bridgehead atoms. The maximum absolute atomic E-state index is 13.7. The minimum absolute atomic E-state index is 0.0610. The molecular formula is C27H27ClFNO6. The summed E-state index contributed by atoms with van der Waals surface area (Å²) < 4.78 is 30.2. The first-order valence-electron chi connectivity index (χ1n) is 11.5. The average Bonchev–Trinajstić information content (AvgIpc) is 3.72. The molecule has 1 atom stereocenters. The number of ether oxygens (including phenoxy) is 3. The van der Waals surface area contributed by atoms with Gasteiger partial charge < -0.3 is 24.4 Å². The summed E-state index contributed by atoms with van der Waals surface area (Å²) in [6.07, 6.45) is 2.04. The average molecular weight is 516 g/mol. The highest BCUT2D eigenvalue weighted by molar-refractivity contribution is 6.31. The Labute approximate surface area is 213 Å². The molecule has 1 aromatic heterocycles. The second kappa shape index (κ2) is 10.8. The Morgan fingerprint density at radius 3 is 2.44 bits per heavy atom. The molecule has 0 saturated heterocycles. The van der Waals surface area contributed by atoms with Crippen LogP contribution in [-0.4, -0.2) is 47.9 Å². The number of hydrogen-bond acceptors (Lipinski definition) is 7. The van der Waals surface area contributed by atoms with E-state index >= 15 is 0 Å². The van der Waals surface area contributed by atoms with Crippen molar-refractivity contribution in [3.8, 4) is 28.5 Å². The topological polar surface area (TPSA) is 98.1 Å². The molecule has 1 aliphatic carbocycles. The van der Waals surface area contributed by atoms with Crippen LogP contribution in [0.2, 0.25) is 5.02 Å². The molecule has 0 amide bonds. The van der Waals surface area contributed by atoms with E-state index in [9.17, 15) is 19.4 Å². The quantitative estimate of drug-likeness (QED) is 0.349. The van der Waals surface area contributed by atoms with Gasteiger partial charge in [-0.15, -0.1) is 0 Å². The lowest BCUT2D eigenvalue weighted by Crippen LogP contribution is -2.32. The summed E-state index contributed by atoms with van der Waals surface area (Å²) >= 11 is 5.93. The third kappa shape index (κ3) is 5.61. The van der Waals surface area contributed by atoms with Crippen LogP contribution in [-0.2, 0) is 5.60 Å². The van der Waals surface area contributed by atoms with E-state index in [2.05, 4.69) is 4.98 Å². The first kappa shape index (κ1) is 25.9. The normalized spacial score (nSPS) is 14.7. The summed E-state index contributed by atoms with van der Waals surface area (Å²) in [5.74, 6) is 0.601. The molecule has 190 valence electrons. The van der Waals surface area contributed by atoms with Crippen molar-refractivity contribution in [3.05, 3.63) is 70.6 Å². The standard InChI is InChI=1S/C27H27ClFNO6/c1-34-23-9-10-25(30-26(23)17-3-7-20(29)19(28)13-17)27(33,15-31)12-11-21(32)16-4-8-22(24(14-16)35-2)36-18-5-6-18/h3-4,7-10,13-14,18,31,33H,5-6,11-12,15H2,1-2H3. The number of carbonyl (C=O) groups is 1. The van der Waals surface area contributed by atoms with Crippen LogP contribution in [0.25, 0.3) is 11.3 Å². The number of nitrogens with zero attached hydrogens (tertiary/aromatic N) is 1. The first-order chi connectivity index (χ1) is 17.3. The Morgan fingerprint density at radius 1 is 1.08 bits per heavy atom. The van der Waals surface area contributed by atoms with Crippen molar-refractivity contribution in [3.63, 3.8) is 0 Å². The lowest BCUT2D eigenvalue weighted by Gasteiger charge is -2.26. The number of pyridine rings is 1. The number of aromatic nitrogens is 1. The molecule has 3 aromatic rings. The van der Waals surface area contributed by atoms with Gasteiger partial charge in [0.2, 0.25) is 0 Å². The maximum Gasteiger partial charge on any atom is 0.163 e. The third-order valence-corrected chi connectivity index (χ3v) is 6.37. The van der Waals surface area contributed by atoms with Crippen molar-refractivity contribution in [2.75, 3.05) is 20.8 Å². The minimum Gasteiger partial charge on any atom is -0.494 e. The van der Waals surface area contributed by atoms with Crippen molar-refractivity contribution in [2.24, 2.45) is 0 Å². The van der Waals surface area contributed by atoms with Crippen molar-refractivity contribution in [1.29, 1.82) is 0 Å². The molecule has 2 N–H and O–H groups in total. The lowest BCUT2D eigenvalue weighted by molar-refractivity contribution is -0.0298. The van der Waals surface area contributed by atoms with E-state index in [4.69, 9.17) is 25.8 Å². The highest BCUT2D eigenvalue weighted by Gasteiger charge is 2.32. The molecule has 1 saturated carbocycles. The van der Waals surface area contributed by atoms with Gasteiger partial charge >= 0.3 is 0 Å². The van der Waals surface area contributed by atoms with Gasteiger partial charge in [0.1, 0.15) is 22.9 Å². The molecule has 1 unspecified atom stereocenters. The van der Waals surface area contributed by atoms with Crippen LogP contribution < -0.4 is 14.2 Å². The highest BCUT2D eigenvalue weighted by Crippen LogP contribution is 2.36. The predicted molar refractivity (Wildman–Crippen MR) is 132 cm³/mol. The van der Waals surface area contributed by atoms with Crippen molar-refractivity contribution in [1.82, 2.24) is 4.98 Å². The molecule has 0 spiro atoms. The van der Waals surface area contributed by atoms with Gasteiger partial charge in [0, 0.05) is 17.5 Å². The van der Waals surface area contributed by atoms with E-state index in [0.717, 1.165) is 12.8 Å². The Morgan fingerprint density at radius 2 is 1.81 bits per heavy atom. The molecule has 9 heteroatoms. The summed E-state index contributed by atoms with van der Waals surface area (Å²) in [5, 5.41) is 21.2. The van der Waals surface area contributed by atoms with E-state index < -0.39 is 18.0 Å². The number of rotatable bonds is 11. The molecule has 36 heavy (non-hydrogen) atoms. The van der Waals surface area contributed by atoms with Gasteiger partial charge in [0.25, 0.3) is 0 Å². The molecule has 0 aliphatic heterocycles. The second-order valence-corrected chi connectivity index (χ2v) is 9.08.